The van der Waals surface area contributed by atoms with Crippen molar-refractivity contribution in [1.82, 2.24) is 5.32 Å². The van der Waals surface area contributed by atoms with Gasteiger partial charge in [0.25, 0.3) is 10.1 Å². The summed E-state index contributed by atoms with van der Waals surface area (Å²) in [4.78, 5) is 12.4. The lowest BCUT2D eigenvalue weighted by Gasteiger charge is -2.67. The van der Waals surface area contributed by atoms with Gasteiger partial charge in [-0.05, 0) is 91.1 Å². The second kappa shape index (κ2) is 11.9. The summed E-state index contributed by atoms with van der Waals surface area (Å²) < 4.78 is 30.9. The molecule has 5 rings (SSSR count). The molecule has 43 heavy (non-hydrogen) atoms. The van der Waals surface area contributed by atoms with Crippen LogP contribution in [0.15, 0.2) is 30.3 Å². The smallest absolute Gasteiger partial charge is 0.266 e. The first-order valence-electron chi connectivity index (χ1n) is 16.0. The summed E-state index contributed by atoms with van der Waals surface area (Å²) in [7, 11) is -4.14. The Kier molecular flexibility index (Phi) is 9.01. The Morgan fingerprint density at radius 1 is 1.09 bits per heavy atom. The molecule has 0 aliphatic heterocycles. The third kappa shape index (κ3) is 5.97. The fourth-order valence-corrected chi connectivity index (χ4v) is 10.6. The van der Waals surface area contributed by atoms with E-state index in [4.69, 9.17) is 10.3 Å². The van der Waals surface area contributed by atoms with Crippen molar-refractivity contribution in [1.29, 1.82) is 0 Å². The monoisotopic (exact) mass is 621 g/mol. The van der Waals surface area contributed by atoms with Crippen molar-refractivity contribution in [3.8, 4) is 0 Å². The zero-order valence-corrected chi connectivity index (χ0v) is 26.5. The molecule has 0 heterocycles. The van der Waals surface area contributed by atoms with E-state index in [1.807, 2.05) is 30.3 Å². The number of nitrogens with two attached hydrogens (primary N) is 1. The molecule has 4 saturated carbocycles. The summed E-state index contributed by atoms with van der Waals surface area (Å²) in [6.45, 7) is 6.42. The van der Waals surface area contributed by atoms with Crippen LogP contribution in [-0.4, -0.2) is 70.5 Å². The molecule has 4 aliphatic rings. The summed E-state index contributed by atoms with van der Waals surface area (Å²) in [5.74, 6) is -0.704. The van der Waals surface area contributed by atoms with Crippen molar-refractivity contribution >= 4 is 21.7 Å². The first kappa shape index (κ1) is 32.6. The molecule has 0 aromatic heterocycles. The summed E-state index contributed by atoms with van der Waals surface area (Å²) in [6, 6.07) is 9.27. The zero-order valence-electron chi connectivity index (χ0n) is 25.7. The molecule has 0 saturated heterocycles. The molecular weight excluding hydrogens is 570 g/mol. The fraction of sp³-hybridized carbons (Fsp3) is 0.781. The van der Waals surface area contributed by atoms with Gasteiger partial charge in [-0.15, -0.1) is 0 Å². The van der Waals surface area contributed by atoms with Gasteiger partial charge >= 0.3 is 0 Å². The van der Waals surface area contributed by atoms with Gasteiger partial charge in [-0.3, -0.25) is 9.35 Å². The number of aliphatic hydroxyl groups excluding tert-OH is 2. The number of fused-ring (bicyclic) bond motifs is 5. The van der Waals surface area contributed by atoms with Gasteiger partial charge in [0, 0.05) is 37.0 Å². The van der Waals surface area contributed by atoms with Crippen LogP contribution in [0.5, 0.6) is 0 Å². The molecule has 8 N–H and O–H groups in total. The van der Waals surface area contributed by atoms with Crippen molar-refractivity contribution in [2.75, 3.05) is 17.6 Å². The van der Waals surface area contributed by atoms with Gasteiger partial charge in [0.05, 0.1) is 18.0 Å². The lowest BCUT2D eigenvalue weighted by atomic mass is 9.41. The highest BCUT2D eigenvalue weighted by Gasteiger charge is 2.70. The standard InChI is InChI=1S/C32H51N3O7S/c1-19(9-12-27(38)34-15-16-43(40,41)42)21-10-11-22-28-23(17-26(37)31(21,22)3)30(2)14-13-25(36)29(33)24(30)18-32(28,39)35-20-7-5-4-6-8-20/h4-8,19,21-26,28-29,35-37,39H,9-18,33H2,1-3H3,(H,34,38)(H,40,41,42)/t19-,21-,22+,23+,24?,25-,26+,28+,29?,30-,31-,32-/m1/s1. The SMILES string of the molecule is C[C@H](CCC(=O)NCCS(=O)(=O)O)[C@H]1CC[C@H]2[C@H]3[C@H](C[C@H](O)[C@]12C)[C@@]1(C)CC[C@@H](O)C(N)C1C[C@]3(O)Nc1ccccc1. The average Bonchev–Trinajstić information content (AvgIpc) is 3.29. The van der Waals surface area contributed by atoms with Crippen LogP contribution < -0.4 is 16.4 Å². The van der Waals surface area contributed by atoms with E-state index in [2.05, 4.69) is 31.4 Å². The van der Waals surface area contributed by atoms with Crippen LogP contribution in [-0.2, 0) is 14.9 Å². The minimum absolute atomic E-state index is 0.0155. The number of carbonyl (C=O) groups excluding carboxylic acids is 1. The Hall–Kier alpha value is -1.76. The van der Waals surface area contributed by atoms with Gasteiger partial charge in [-0.25, -0.2) is 0 Å². The van der Waals surface area contributed by atoms with Crippen LogP contribution in [0, 0.1) is 46.3 Å². The summed E-state index contributed by atoms with van der Waals surface area (Å²) in [5.41, 5.74) is 5.53. The quantitative estimate of drug-likeness (QED) is 0.161. The maximum Gasteiger partial charge on any atom is 0.266 e. The first-order chi connectivity index (χ1) is 20.1. The predicted molar refractivity (Wildman–Crippen MR) is 164 cm³/mol. The Bertz CT molecular complexity index is 1270. The number of amides is 1. The predicted octanol–water partition coefficient (Wildman–Crippen LogP) is 2.75. The van der Waals surface area contributed by atoms with Gasteiger partial charge in [0.1, 0.15) is 5.72 Å². The highest BCUT2D eigenvalue weighted by molar-refractivity contribution is 7.85. The Morgan fingerprint density at radius 3 is 2.47 bits per heavy atom. The molecule has 0 spiro atoms. The molecule has 0 radical (unpaired) electrons. The number of anilines is 1. The first-order valence-corrected chi connectivity index (χ1v) is 17.6. The van der Waals surface area contributed by atoms with E-state index >= 15 is 0 Å². The van der Waals surface area contributed by atoms with Gasteiger partial charge in [0.15, 0.2) is 0 Å². The fourth-order valence-electron chi connectivity index (χ4n) is 10.2. The topological polar surface area (TPSA) is 182 Å². The number of benzene rings is 1. The Morgan fingerprint density at radius 2 is 1.79 bits per heavy atom. The minimum atomic E-state index is -4.14. The lowest BCUT2D eigenvalue weighted by Crippen LogP contribution is -2.71. The van der Waals surface area contributed by atoms with Crippen LogP contribution in [0.25, 0.3) is 0 Å². The molecule has 11 heteroatoms. The number of rotatable bonds is 9. The summed E-state index contributed by atoms with van der Waals surface area (Å²) in [5, 5.41) is 41.6. The third-order valence-corrected chi connectivity index (χ3v) is 13.2. The molecule has 12 atom stereocenters. The lowest BCUT2D eigenvalue weighted by molar-refractivity contribution is -0.237. The largest absolute Gasteiger partial charge is 0.393 e. The number of hydrogen-bond donors (Lipinski definition) is 7. The van der Waals surface area contributed by atoms with Crippen LogP contribution in [0.2, 0.25) is 0 Å². The van der Waals surface area contributed by atoms with Crippen molar-refractivity contribution < 1.29 is 33.1 Å². The Balaban J connectivity index is 1.40. The zero-order chi connectivity index (χ0) is 31.4. The van der Waals surface area contributed by atoms with Crippen LogP contribution >= 0.6 is 0 Å². The maximum atomic E-state index is 12.7. The summed E-state index contributed by atoms with van der Waals surface area (Å²) in [6.07, 6.45) is 3.74. The van der Waals surface area contributed by atoms with E-state index in [1.165, 1.54) is 0 Å². The van der Waals surface area contributed by atoms with Crippen molar-refractivity contribution in [3.63, 3.8) is 0 Å². The molecule has 242 valence electrons. The van der Waals surface area contributed by atoms with E-state index in [9.17, 15) is 28.5 Å². The maximum absolute atomic E-state index is 12.7. The average molecular weight is 622 g/mol. The van der Waals surface area contributed by atoms with Crippen molar-refractivity contribution in [2.45, 2.75) is 96.1 Å². The van der Waals surface area contributed by atoms with E-state index < -0.39 is 45.3 Å². The van der Waals surface area contributed by atoms with Gasteiger partial charge in [-0.1, -0.05) is 39.0 Å². The molecule has 4 fully saturated rings. The summed E-state index contributed by atoms with van der Waals surface area (Å²) >= 11 is 0. The minimum Gasteiger partial charge on any atom is -0.393 e. The van der Waals surface area contributed by atoms with E-state index in [0.717, 1.165) is 24.9 Å². The molecule has 10 nitrogen and oxygen atoms in total. The van der Waals surface area contributed by atoms with Gasteiger partial charge < -0.3 is 31.7 Å². The number of para-hydroxylation sites is 1. The normalized spacial score (nSPS) is 43.2. The van der Waals surface area contributed by atoms with E-state index in [-0.39, 0.29) is 59.8 Å². The van der Waals surface area contributed by atoms with E-state index in [1.54, 1.807) is 0 Å². The molecule has 1 amide bonds. The second-order valence-electron chi connectivity index (χ2n) is 14.6. The highest BCUT2D eigenvalue weighted by atomic mass is 32.2. The van der Waals surface area contributed by atoms with Crippen LogP contribution in [0.1, 0.15) is 72.1 Å². The Labute approximate surface area is 256 Å². The molecule has 1 aromatic carbocycles. The number of aliphatic hydroxyl groups is 3. The third-order valence-electron chi connectivity index (χ3n) is 12.4. The highest BCUT2D eigenvalue weighted by Crippen LogP contribution is 2.70. The second-order valence-corrected chi connectivity index (χ2v) is 16.2. The van der Waals surface area contributed by atoms with Crippen molar-refractivity contribution in [3.05, 3.63) is 30.3 Å². The number of carbonyl (C=O) groups is 1. The molecule has 2 unspecified atom stereocenters. The van der Waals surface area contributed by atoms with Crippen molar-refractivity contribution in [2.24, 2.45) is 52.1 Å². The van der Waals surface area contributed by atoms with Crippen LogP contribution in [0.3, 0.4) is 0 Å². The molecule has 1 aromatic rings. The van der Waals surface area contributed by atoms with Gasteiger partial charge in [0.2, 0.25) is 5.91 Å². The van der Waals surface area contributed by atoms with E-state index in [0.29, 0.717) is 25.7 Å². The number of hydrogen-bond acceptors (Lipinski definition) is 8. The number of nitrogens with one attached hydrogen (secondary N) is 2. The molecule has 0 bridgehead atoms. The molecule has 4 aliphatic carbocycles. The van der Waals surface area contributed by atoms with Gasteiger partial charge in [-0.2, -0.15) is 8.42 Å². The van der Waals surface area contributed by atoms with Crippen LogP contribution in [0.4, 0.5) is 5.69 Å². The molecular formula is C32H51N3O7S.